The Morgan fingerprint density at radius 1 is 1.29 bits per heavy atom. The third-order valence-electron chi connectivity index (χ3n) is 3.95. The fourth-order valence-electron chi connectivity index (χ4n) is 2.74. The van der Waals surface area contributed by atoms with E-state index in [1.54, 1.807) is 11.3 Å². The van der Waals surface area contributed by atoms with Gasteiger partial charge < -0.3 is 5.32 Å². The molecular weight excluding hydrogens is 228 g/mol. The molecule has 0 amide bonds. The highest BCUT2D eigenvalue weighted by Crippen LogP contribution is 2.30. The van der Waals surface area contributed by atoms with Crippen LogP contribution in [0.2, 0.25) is 0 Å². The number of nitrogens with one attached hydrogen (secondary N) is 1. The standard InChI is InChI=1S/C14H24N2S/c1-3-12-4-6-13(7-5-12)8-15-9-14-10-17-11(2)16-14/h10,12-13,15H,3-9H2,1-2H3. The minimum Gasteiger partial charge on any atom is -0.311 e. The molecule has 0 unspecified atom stereocenters. The molecule has 0 aromatic carbocycles. The van der Waals surface area contributed by atoms with E-state index >= 15 is 0 Å². The van der Waals surface area contributed by atoms with E-state index in [4.69, 9.17) is 0 Å². The Balaban J connectivity index is 1.63. The molecule has 17 heavy (non-hydrogen) atoms. The number of rotatable bonds is 5. The summed E-state index contributed by atoms with van der Waals surface area (Å²) in [6, 6.07) is 0. The molecule has 3 heteroatoms. The fraction of sp³-hybridized carbons (Fsp3) is 0.786. The molecule has 1 heterocycles. The van der Waals surface area contributed by atoms with E-state index in [0.717, 1.165) is 18.4 Å². The summed E-state index contributed by atoms with van der Waals surface area (Å²) in [7, 11) is 0. The minimum absolute atomic E-state index is 0.900. The van der Waals surface area contributed by atoms with Crippen molar-refractivity contribution in [2.24, 2.45) is 11.8 Å². The topological polar surface area (TPSA) is 24.9 Å². The van der Waals surface area contributed by atoms with Gasteiger partial charge in [0.2, 0.25) is 0 Å². The van der Waals surface area contributed by atoms with Crippen LogP contribution in [0.3, 0.4) is 0 Å². The maximum absolute atomic E-state index is 4.47. The third kappa shape index (κ3) is 4.07. The van der Waals surface area contributed by atoms with Crippen LogP contribution < -0.4 is 5.32 Å². The largest absolute Gasteiger partial charge is 0.311 e. The molecule has 0 radical (unpaired) electrons. The van der Waals surface area contributed by atoms with Gasteiger partial charge in [0.15, 0.2) is 0 Å². The van der Waals surface area contributed by atoms with Gasteiger partial charge in [0, 0.05) is 11.9 Å². The SMILES string of the molecule is CCC1CCC(CNCc2csc(C)n2)CC1. The van der Waals surface area contributed by atoms with Crippen molar-refractivity contribution in [2.45, 2.75) is 52.5 Å². The van der Waals surface area contributed by atoms with Gasteiger partial charge in [-0.15, -0.1) is 11.3 Å². The number of hydrogen-bond acceptors (Lipinski definition) is 3. The van der Waals surface area contributed by atoms with Gasteiger partial charge in [-0.25, -0.2) is 4.98 Å². The van der Waals surface area contributed by atoms with Crippen LogP contribution in [-0.4, -0.2) is 11.5 Å². The Bertz CT molecular complexity index is 327. The molecule has 1 saturated carbocycles. The van der Waals surface area contributed by atoms with Crippen LogP contribution >= 0.6 is 11.3 Å². The van der Waals surface area contributed by atoms with E-state index in [9.17, 15) is 0 Å². The van der Waals surface area contributed by atoms with Gasteiger partial charge in [0.1, 0.15) is 0 Å². The van der Waals surface area contributed by atoms with E-state index < -0.39 is 0 Å². The molecule has 96 valence electrons. The molecule has 2 nitrogen and oxygen atoms in total. The Morgan fingerprint density at radius 3 is 2.59 bits per heavy atom. The average molecular weight is 252 g/mol. The molecule has 1 aliphatic carbocycles. The second-order valence-electron chi connectivity index (χ2n) is 5.28. The molecule has 0 saturated heterocycles. The maximum Gasteiger partial charge on any atom is 0.0897 e. The first-order valence-corrected chi connectivity index (χ1v) is 7.77. The van der Waals surface area contributed by atoms with Crippen molar-refractivity contribution in [2.75, 3.05) is 6.54 Å². The van der Waals surface area contributed by atoms with Crippen LogP contribution in [0.25, 0.3) is 0 Å². The average Bonchev–Trinajstić information content (AvgIpc) is 2.76. The van der Waals surface area contributed by atoms with Crippen LogP contribution in [0.4, 0.5) is 0 Å². The number of aryl methyl sites for hydroxylation is 1. The minimum atomic E-state index is 0.900. The Hall–Kier alpha value is -0.410. The second-order valence-corrected chi connectivity index (χ2v) is 6.35. The molecule has 0 bridgehead atoms. The summed E-state index contributed by atoms with van der Waals surface area (Å²) >= 11 is 1.74. The van der Waals surface area contributed by atoms with Crippen LogP contribution in [0.5, 0.6) is 0 Å². The predicted octanol–water partition coefficient (Wildman–Crippen LogP) is 3.76. The molecule has 1 aliphatic rings. The van der Waals surface area contributed by atoms with Crippen LogP contribution in [0.15, 0.2) is 5.38 Å². The summed E-state index contributed by atoms with van der Waals surface area (Å²) in [4.78, 5) is 4.47. The maximum atomic E-state index is 4.47. The zero-order valence-corrected chi connectivity index (χ0v) is 11.9. The van der Waals surface area contributed by atoms with E-state index in [-0.39, 0.29) is 0 Å². The molecule has 0 spiro atoms. The summed E-state index contributed by atoms with van der Waals surface area (Å²) in [5, 5.41) is 6.90. The van der Waals surface area contributed by atoms with Gasteiger partial charge >= 0.3 is 0 Å². The van der Waals surface area contributed by atoms with E-state index in [1.165, 1.54) is 49.4 Å². The van der Waals surface area contributed by atoms with Crippen LogP contribution in [0.1, 0.15) is 49.7 Å². The van der Waals surface area contributed by atoms with Gasteiger partial charge in [0.05, 0.1) is 10.7 Å². The molecule has 1 aromatic heterocycles. The third-order valence-corrected chi connectivity index (χ3v) is 4.77. The lowest BCUT2D eigenvalue weighted by Crippen LogP contribution is -2.26. The molecular formula is C14H24N2S. The van der Waals surface area contributed by atoms with E-state index in [2.05, 4.69) is 29.5 Å². The summed E-state index contributed by atoms with van der Waals surface area (Å²) in [5.74, 6) is 1.91. The van der Waals surface area contributed by atoms with Crippen molar-refractivity contribution in [3.05, 3.63) is 16.1 Å². The predicted molar refractivity (Wildman–Crippen MR) is 74.3 cm³/mol. The molecule has 1 fully saturated rings. The molecule has 0 aliphatic heterocycles. The van der Waals surface area contributed by atoms with Gasteiger partial charge in [-0.1, -0.05) is 26.2 Å². The lowest BCUT2D eigenvalue weighted by molar-refractivity contribution is 0.262. The number of nitrogens with zero attached hydrogens (tertiary/aromatic N) is 1. The monoisotopic (exact) mass is 252 g/mol. The lowest BCUT2D eigenvalue weighted by Gasteiger charge is -2.27. The number of aromatic nitrogens is 1. The van der Waals surface area contributed by atoms with E-state index in [1.807, 2.05) is 0 Å². The van der Waals surface area contributed by atoms with Gasteiger partial charge in [-0.2, -0.15) is 0 Å². The zero-order valence-electron chi connectivity index (χ0n) is 11.0. The van der Waals surface area contributed by atoms with Crippen molar-refractivity contribution >= 4 is 11.3 Å². The molecule has 1 N–H and O–H groups in total. The summed E-state index contributed by atoms with van der Waals surface area (Å²) in [5.41, 5.74) is 1.20. The van der Waals surface area contributed by atoms with Crippen LogP contribution in [-0.2, 0) is 6.54 Å². The van der Waals surface area contributed by atoms with Gasteiger partial charge in [-0.3, -0.25) is 0 Å². The zero-order chi connectivity index (χ0) is 12.1. The highest BCUT2D eigenvalue weighted by molar-refractivity contribution is 7.09. The first-order chi connectivity index (χ1) is 8.28. The normalized spacial score (nSPS) is 25.1. The number of thiazole rings is 1. The van der Waals surface area contributed by atoms with Crippen molar-refractivity contribution in [3.63, 3.8) is 0 Å². The highest BCUT2D eigenvalue weighted by atomic mass is 32.1. The van der Waals surface area contributed by atoms with Crippen molar-refractivity contribution in [1.29, 1.82) is 0 Å². The van der Waals surface area contributed by atoms with Gasteiger partial charge in [-0.05, 0) is 38.1 Å². The van der Waals surface area contributed by atoms with Crippen molar-refractivity contribution < 1.29 is 0 Å². The molecule has 0 atom stereocenters. The highest BCUT2D eigenvalue weighted by Gasteiger charge is 2.19. The van der Waals surface area contributed by atoms with Gasteiger partial charge in [0.25, 0.3) is 0 Å². The fourth-order valence-corrected chi connectivity index (χ4v) is 3.35. The summed E-state index contributed by atoms with van der Waals surface area (Å²) in [6.45, 7) is 6.51. The second kappa shape index (κ2) is 6.50. The number of hydrogen-bond donors (Lipinski definition) is 1. The Morgan fingerprint density at radius 2 is 2.00 bits per heavy atom. The van der Waals surface area contributed by atoms with Crippen molar-refractivity contribution in [1.82, 2.24) is 10.3 Å². The molecule has 1 aromatic rings. The summed E-state index contributed by atoms with van der Waals surface area (Å²) < 4.78 is 0. The first-order valence-electron chi connectivity index (χ1n) is 6.89. The van der Waals surface area contributed by atoms with Crippen molar-refractivity contribution in [3.8, 4) is 0 Å². The quantitative estimate of drug-likeness (QED) is 0.863. The smallest absolute Gasteiger partial charge is 0.0897 e. The van der Waals surface area contributed by atoms with E-state index in [0.29, 0.717) is 0 Å². The van der Waals surface area contributed by atoms with Crippen LogP contribution in [0, 0.1) is 18.8 Å². The summed E-state index contributed by atoms with van der Waals surface area (Å²) in [6.07, 6.45) is 7.10. The first kappa shape index (κ1) is 13.0. The Kier molecular flexibility index (Phi) is 4.99. The molecule has 2 rings (SSSR count). The lowest BCUT2D eigenvalue weighted by atomic mass is 9.81. The Labute approximate surface area is 109 Å².